The zero-order valence-corrected chi connectivity index (χ0v) is 13.7. The first kappa shape index (κ1) is 14.3. The van der Waals surface area contributed by atoms with Crippen molar-refractivity contribution >= 4 is 33.8 Å². The molecule has 1 amide bonds. The second-order valence-electron chi connectivity index (χ2n) is 6.81. The first-order chi connectivity index (χ1) is 12.1. The van der Waals surface area contributed by atoms with E-state index >= 15 is 0 Å². The first-order valence-corrected chi connectivity index (χ1v) is 8.41. The van der Waals surface area contributed by atoms with Crippen molar-refractivity contribution in [2.24, 2.45) is 5.73 Å². The molecule has 7 heteroatoms. The molecule has 7 nitrogen and oxygen atoms in total. The molecule has 1 aromatic carbocycles. The van der Waals surface area contributed by atoms with E-state index in [0.717, 1.165) is 24.1 Å². The van der Waals surface area contributed by atoms with Crippen molar-refractivity contribution in [1.29, 1.82) is 0 Å². The van der Waals surface area contributed by atoms with E-state index in [0.29, 0.717) is 39.3 Å². The maximum atomic E-state index is 12.2. The lowest BCUT2D eigenvalue weighted by Crippen LogP contribution is -2.13. The maximum absolute atomic E-state index is 12.2. The second kappa shape index (κ2) is 4.72. The van der Waals surface area contributed by atoms with Crippen molar-refractivity contribution in [2.45, 2.75) is 32.1 Å². The van der Waals surface area contributed by atoms with E-state index in [2.05, 4.69) is 15.0 Å². The Morgan fingerprint density at radius 2 is 2.16 bits per heavy atom. The summed E-state index contributed by atoms with van der Waals surface area (Å²) < 4.78 is 1.82. The molecule has 3 aromatic heterocycles. The molecule has 0 saturated heterocycles. The Balaban J connectivity index is 1.98. The number of benzene rings is 1. The van der Waals surface area contributed by atoms with Crippen molar-refractivity contribution in [3.05, 3.63) is 45.4 Å². The molecule has 5 rings (SSSR count). The van der Waals surface area contributed by atoms with Gasteiger partial charge in [-0.15, -0.1) is 0 Å². The highest BCUT2D eigenvalue weighted by molar-refractivity contribution is 6.12. The average molecular weight is 335 g/mol. The van der Waals surface area contributed by atoms with E-state index < -0.39 is 5.91 Å². The summed E-state index contributed by atoms with van der Waals surface area (Å²) in [6.45, 7) is 1.92. The highest BCUT2D eigenvalue weighted by Crippen LogP contribution is 2.36. The first-order valence-electron chi connectivity index (χ1n) is 8.41. The number of nitrogens with two attached hydrogens (primary N) is 1. The largest absolute Gasteiger partial charge is 0.365 e. The normalized spacial score (nSPS) is 15.2. The van der Waals surface area contributed by atoms with Crippen LogP contribution in [0.25, 0.3) is 27.8 Å². The third kappa shape index (κ3) is 1.77. The van der Waals surface area contributed by atoms with Crippen LogP contribution in [0.3, 0.4) is 0 Å². The number of nitrogens with zero attached hydrogens (tertiary/aromatic N) is 2. The molecular weight excluding hydrogens is 318 g/mol. The number of rotatable bonds is 2. The van der Waals surface area contributed by atoms with Gasteiger partial charge in [0.25, 0.3) is 5.91 Å². The Kier molecular flexibility index (Phi) is 2.69. The molecule has 0 spiro atoms. The fourth-order valence-corrected chi connectivity index (χ4v) is 3.80. The molecule has 1 aliphatic carbocycles. The van der Waals surface area contributed by atoms with E-state index in [1.54, 1.807) is 6.07 Å². The number of aromatic nitrogens is 4. The Bertz CT molecular complexity index is 1240. The van der Waals surface area contributed by atoms with Gasteiger partial charge in [-0.05, 0) is 31.4 Å². The van der Waals surface area contributed by atoms with Gasteiger partial charge < -0.3 is 15.7 Å². The minimum Gasteiger partial charge on any atom is -0.365 e. The molecule has 0 bridgehead atoms. The molecule has 25 heavy (non-hydrogen) atoms. The zero-order chi connectivity index (χ0) is 17.3. The quantitative estimate of drug-likeness (QED) is 0.523. The van der Waals surface area contributed by atoms with Crippen LogP contribution in [0.4, 0.5) is 0 Å². The predicted octanol–water partition coefficient (Wildman–Crippen LogP) is 2.33. The van der Waals surface area contributed by atoms with Gasteiger partial charge in [-0.1, -0.05) is 12.5 Å². The van der Waals surface area contributed by atoms with E-state index in [4.69, 9.17) is 5.73 Å². The molecule has 1 fully saturated rings. The van der Waals surface area contributed by atoms with Gasteiger partial charge in [-0.25, -0.2) is 4.98 Å². The van der Waals surface area contributed by atoms with E-state index in [1.807, 2.05) is 17.5 Å². The summed E-state index contributed by atoms with van der Waals surface area (Å²) >= 11 is 0. The van der Waals surface area contributed by atoms with Crippen LogP contribution in [0.5, 0.6) is 0 Å². The SMILES string of the molecule is Cc1ccc(=O)c2nc3c(C(N)=O)c4[nH]c(C5CCC5)c[nH]c4n3c12. The smallest absolute Gasteiger partial charge is 0.254 e. The standard InChI is InChI=1S/C18H17N5O2/c1-8-5-6-11(24)13-15(8)23-17(22-13)12(16(19)25)14-18(23)20-7-10(21-14)9-3-2-4-9/h5-7,9,20-21H,2-4H2,1H3,(H2,19,25). The second-order valence-corrected chi connectivity index (χ2v) is 6.81. The fourth-order valence-electron chi connectivity index (χ4n) is 3.80. The third-order valence-corrected chi connectivity index (χ3v) is 5.33. The van der Waals surface area contributed by atoms with Crippen LogP contribution in [0, 0.1) is 6.92 Å². The van der Waals surface area contributed by atoms with Gasteiger partial charge in [-0.3, -0.25) is 14.0 Å². The summed E-state index contributed by atoms with van der Waals surface area (Å²) in [5.74, 6) is -0.0776. The third-order valence-electron chi connectivity index (χ3n) is 5.33. The van der Waals surface area contributed by atoms with Gasteiger partial charge in [-0.2, -0.15) is 0 Å². The summed E-state index contributed by atoms with van der Waals surface area (Å²) in [5.41, 5.74) is 10.6. The summed E-state index contributed by atoms with van der Waals surface area (Å²) in [6.07, 6.45) is 5.45. The number of amides is 1. The molecule has 1 aliphatic rings. The van der Waals surface area contributed by atoms with Gasteiger partial charge in [0.05, 0.1) is 11.0 Å². The zero-order valence-electron chi connectivity index (χ0n) is 13.7. The number of hydrogen-bond donors (Lipinski definition) is 3. The van der Waals surface area contributed by atoms with Gasteiger partial charge in [0, 0.05) is 17.8 Å². The van der Waals surface area contributed by atoms with Crippen molar-refractivity contribution < 1.29 is 4.79 Å². The lowest BCUT2D eigenvalue weighted by Gasteiger charge is -2.25. The molecule has 0 unspecified atom stereocenters. The number of imidazole rings is 1. The van der Waals surface area contributed by atoms with Gasteiger partial charge in [0.2, 0.25) is 5.43 Å². The van der Waals surface area contributed by atoms with Crippen molar-refractivity contribution in [3.8, 4) is 0 Å². The maximum Gasteiger partial charge on any atom is 0.254 e. The van der Waals surface area contributed by atoms with Gasteiger partial charge in [0.1, 0.15) is 16.7 Å². The number of fused-ring (bicyclic) bond motifs is 5. The number of aromatic amines is 2. The van der Waals surface area contributed by atoms with Gasteiger partial charge >= 0.3 is 0 Å². The molecule has 126 valence electrons. The topological polar surface area (TPSA) is 109 Å². The molecule has 4 N–H and O–H groups in total. The number of primary amides is 1. The summed E-state index contributed by atoms with van der Waals surface area (Å²) in [7, 11) is 0. The lowest BCUT2D eigenvalue weighted by atomic mass is 9.83. The number of H-pyrrole nitrogens is 2. The number of nitrogens with one attached hydrogen (secondary N) is 2. The lowest BCUT2D eigenvalue weighted by molar-refractivity contribution is 0.100. The molecule has 1 saturated carbocycles. The summed E-state index contributed by atoms with van der Waals surface area (Å²) in [6, 6.07) is 3.27. The number of aryl methyl sites for hydroxylation is 1. The van der Waals surface area contributed by atoms with Crippen LogP contribution in [-0.2, 0) is 0 Å². The van der Waals surface area contributed by atoms with Crippen LogP contribution < -0.4 is 11.2 Å². The summed E-state index contributed by atoms with van der Waals surface area (Å²) in [5, 5.41) is 0. The van der Waals surface area contributed by atoms with Crippen LogP contribution in [0.1, 0.15) is 46.8 Å². The summed E-state index contributed by atoms with van der Waals surface area (Å²) in [4.78, 5) is 35.5. The highest BCUT2D eigenvalue weighted by atomic mass is 16.1. The fraction of sp³-hybridized carbons (Fsp3) is 0.278. The molecular formula is C18H17N5O2. The van der Waals surface area contributed by atoms with Crippen LogP contribution in [0.15, 0.2) is 23.1 Å². The van der Waals surface area contributed by atoms with Crippen molar-refractivity contribution in [3.63, 3.8) is 0 Å². The number of carbonyl (C=O) groups is 1. The number of hydrogen-bond acceptors (Lipinski definition) is 3. The van der Waals surface area contributed by atoms with E-state index in [1.165, 1.54) is 12.5 Å². The minimum absolute atomic E-state index is 0.164. The monoisotopic (exact) mass is 335 g/mol. The van der Waals surface area contributed by atoms with E-state index in [9.17, 15) is 9.59 Å². The van der Waals surface area contributed by atoms with Crippen LogP contribution >= 0.6 is 0 Å². The van der Waals surface area contributed by atoms with Crippen LogP contribution in [0.2, 0.25) is 0 Å². The molecule has 0 atom stereocenters. The molecule has 3 heterocycles. The van der Waals surface area contributed by atoms with Crippen molar-refractivity contribution in [1.82, 2.24) is 19.4 Å². The number of carbonyl (C=O) groups excluding carboxylic acids is 1. The predicted molar refractivity (Wildman–Crippen MR) is 95.0 cm³/mol. The molecule has 0 radical (unpaired) electrons. The average Bonchev–Trinajstić information content (AvgIpc) is 3.04. The van der Waals surface area contributed by atoms with Crippen molar-refractivity contribution in [2.75, 3.05) is 0 Å². The Morgan fingerprint density at radius 3 is 2.84 bits per heavy atom. The Morgan fingerprint density at radius 1 is 1.36 bits per heavy atom. The Hall–Kier alpha value is -3.09. The van der Waals surface area contributed by atoms with Gasteiger partial charge in [0.15, 0.2) is 5.65 Å². The minimum atomic E-state index is -0.559. The molecule has 0 aliphatic heterocycles. The van der Waals surface area contributed by atoms with Crippen LogP contribution in [-0.4, -0.2) is 25.3 Å². The Labute approximate surface area is 141 Å². The van der Waals surface area contributed by atoms with E-state index in [-0.39, 0.29) is 5.43 Å². The molecule has 4 aromatic rings. The highest BCUT2D eigenvalue weighted by Gasteiger charge is 2.26.